The average molecular weight is 338 g/mol. The van der Waals surface area contributed by atoms with E-state index in [1.54, 1.807) is 17.8 Å². The number of carbonyl (C=O) groups excluding carboxylic acids is 1. The van der Waals surface area contributed by atoms with Crippen LogP contribution in [-0.2, 0) is 4.79 Å². The molecule has 1 N–H and O–H groups in total. The normalized spacial score (nSPS) is 11.2. The summed E-state index contributed by atoms with van der Waals surface area (Å²) in [6.07, 6.45) is 3.03. The van der Waals surface area contributed by atoms with E-state index in [2.05, 4.69) is 41.5 Å². The molecule has 0 aliphatic heterocycles. The van der Waals surface area contributed by atoms with Crippen LogP contribution in [0.4, 0.5) is 0 Å². The molecule has 0 saturated heterocycles. The van der Waals surface area contributed by atoms with Gasteiger partial charge in [0.25, 0.3) is 0 Å². The van der Waals surface area contributed by atoms with Crippen molar-refractivity contribution in [2.75, 3.05) is 12.3 Å². The maximum absolute atomic E-state index is 11.8. The summed E-state index contributed by atoms with van der Waals surface area (Å²) in [5.74, 6) is 1.10. The van der Waals surface area contributed by atoms with Gasteiger partial charge in [0.1, 0.15) is 5.52 Å². The predicted octanol–water partition coefficient (Wildman–Crippen LogP) is 4.06. The highest BCUT2D eigenvalue weighted by Gasteiger charge is 2.02. The van der Waals surface area contributed by atoms with Crippen molar-refractivity contribution >= 4 is 34.8 Å². The third-order valence-electron chi connectivity index (χ3n) is 3.38. The summed E-state index contributed by atoms with van der Waals surface area (Å²) in [4.78, 5) is 17.3. The summed E-state index contributed by atoms with van der Waals surface area (Å²) in [7, 11) is 0. The Labute approximate surface area is 145 Å². The van der Waals surface area contributed by atoms with Crippen LogP contribution >= 0.6 is 11.8 Å². The lowest BCUT2D eigenvalue weighted by Gasteiger charge is -2.03. The van der Waals surface area contributed by atoms with E-state index in [1.807, 2.05) is 24.3 Å². The Bertz CT molecular complexity index is 820. The molecule has 0 aliphatic carbocycles. The van der Waals surface area contributed by atoms with E-state index in [-0.39, 0.29) is 5.91 Å². The lowest BCUT2D eigenvalue weighted by molar-refractivity contribution is -0.116. The molecule has 0 saturated carbocycles. The standard InChI is InChI=1S/C19H18N2O2S/c1-14-6-8-15(9-7-14)24-13-12-20-18(22)10-11-19-21-16-4-2-3-5-17(16)23-19/h2-11H,12-13H2,1H3,(H,20,22). The molecule has 0 spiro atoms. The smallest absolute Gasteiger partial charge is 0.244 e. The van der Waals surface area contributed by atoms with Gasteiger partial charge in [-0.3, -0.25) is 4.79 Å². The van der Waals surface area contributed by atoms with E-state index >= 15 is 0 Å². The Kier molecular flexibility index (Phi) is 5.33. The predicted molar refractivity (Wildman–Crippen MR) is 98.0 cm³/mol. The first kappa shape index (κ1) is 16.3. The van der Waals surface area contributed by atoms with Gasteiger partial charge in [-0.2, -0.15) is 0 Å². The summed E-state index contributed by atoms with van der Waals surface area (Å²) in [6, 6.07) is 15.9. The van der Waals surface area contributed by atoms with Crippen molar-refractivity contribution in [2.24, 2.45) is 0 Å². The molecule has 0 unspecified atom stereocenters. The van der Waals surface area contributed by atoms with E-state index in [4.69, 9.17) is 4.42 Å². The minimum atomic E-state index is -0.151. The second kappa shape index (κ2) is 7.84. The molecular formula is C19H18N2O2S. The first-order valence-corrected chi connectivity index (χ1v) is 8.70. The first-order valence-electron chi connectivity index (χ1n) is 7.72. The maximum Gasteiger partial charge on any atom is 0.244 e. The Hall–Kier alpha value is -2.53. The van der Waals surface area contributed by atoms with Gasteiger partial charge in [0, 0.05) is 29.3 Å². The molecular weight excluding hydrogens is 320 g/mol. The topological polar surface area (TPSA) is 55.1 Å². The minimum absolute atomic E-state index is 0.151. The Morgan fingerprint density at radius 2 is 2.00 bits per heavy atom. The molecule has 3 aromatic rings. The van der Waals surface area contributed by atoms with Crippen LogP contribution in [0, 0.1) is 6.92 Å². The van der Waals surface area contributed by atoms with E-state index < -0.39 is 0 Å². The van der Waals surface area contributed by atoms with E-state index in [9.17, 15) is 4.79 Å². The van der Waals surface area contributed by atoms with Crippen molar-refractivity contribution in [3.8, 4) is 0 Å². The van der Waals surface area contributed by atoms with Crippen molar-refractivity contribution in [3.63, 3.8) is 0 Å². The largest absolute Gasteiger partial charge is 0.437 e. The number of nitrogens with one attached hydrogen (secondary N) is 1. The van der Waals surface area contributed by atoms with Gasteiger partial charge in [-0.1, -0.05) is 29.8 Å². The molecule has 0 atom stereocenters. The zero-order valence-corrected chi connectivity index (χ0v) is 14.2. The number of oxazole rings is 1. The van der Waals surface area contributed by atoms with Gasteiger partial charge in [-0.25, -0.2) is 4.98 Å². The number of carbonyl (C=O) groups is 1. The van der Waals surface area contributed by atoms with Crippen LogP contribution in [0.2, 0.25) is 0 Å². The number of thioether (sulfide) groups is 1. The lowest BCUT2D eigenvalue weighted by atomic mass is 10.2. The van der Waals surface area contributed by atoms with Crippen LogP contribution < -0.4 is 5.32 Å². The second-order valence-electron chi connectivity index (χ2n) is 5.31. The summed E-state index contributed by atoms with van der Waals surface area (Å²) in [5, 5.41) is 2.85. The second-order valence-corrected chi connectivity index (χ2v) is 6.47. The zero-order chi connectivity index (χ0) is 16.8. The van der Waals surface area contributed by atoms with Crippen LogP contribution in [0.5, 0.6) is 0 Å². The van der Waals surface area contributed by atoms with E-state index in [0.29, 0.717) is 18.0 Å². The van der Waals surface area contributed by atoms with E-state index in [0.717, 1.165) is 11.3 Å². The van der Waals surface area contributed by atoms with Gasteiger partial charge in [-0.05, 0) is 31.2 Å². The lowest BCUT2D eigenvalue weighted by Crippen LogP contribution is -2.23. The molecule has 0 fully saturated rings. The molecule has 1 heterocycles. The number of para-hydroxylation sites is 2. The molecule has 0 aliphatic rings. The monoisotopic (exact) mass is 338 g/mol. The Morgan fingerprint density at radius 3 is 2.79 bits per heavy atom. The van der Waals surface area contributed by atoms with Gasteiger partial charge in [0.2, 0.25) is 11.8 Å². The average Bonchev–Trinajstić information content (AvgIpc) is 3.01. The molecule has 0 radical (unpaired) electrons. The molecule has 3 rings (SSSR count). The van der Waals surface area contributed by atoms with Crippen LogP contribution in [0.15, 0.2) is 63.9 Å². The highest BCUT2D eigenvalue weighted by Crippen LogP contribution is 2.17. The maximum atomic E-state index is 11.8. The fourth-order valence-corrected chi connectivity index (χ4v) is 2.91. The molecule has 24 heavy (non-hydrogen) atoms. The number of rotatable bonds is 6. The number of amides is 1. The Morgan fingerprint density at radius 1 is 1.21 bits per heavy atom. The molecule has 122 valence electrons. The summed E-state index contributed by atoms with van der Waals surface area (Å²) in [5.41, 5.74) is 2.75. The summed E-state index contributed by atoms with van der Waals surface area (Å²) in [6.45, 7) is 2.67. The van der Waals surface area contributed by atoms with Crippen LogP contribution in [0.1, 0.15) is 11.5 Å². The Balaban J connectivity index is 1.44. The van der Waals surface area contributed by atoms with Crippen LogP contribution in [0.3, 0.4) is 0 Å². The molecule has 5 heteroatoms. The fraction of sp³-hybridized carbons (Fsp3) is 0.158. The number of hydrogen-bond acceptors (Lipinski definition) is 4. The number of fused-ring (bicyclic) bond motifs is 1. The van der Waals surface area contributed by atoms with Gasteiger partial charge in [-0.15, -0.1) is 11.8 Å². The summed E-state index contributed by atoms with van der Waals surface area (Å²) < 4.78 is 5.53. The third kappa shape index (κ3) is 4.49. The van der Waals surface area contributed by atoms with Crippen LogP contribution in [0.25, 0.3) is 17.2 Å². The highest BCUT2D eigenvalue weighted by molar-refractivity contribution is 7.99. The van der Waals surface area contributed by atoms with Gasteiger partial charge in [0.05, 0.1) is 0 Å². The number of hydrogen-bond donors (Lipinski definition) is 1. The summed E-state index contributed by atoms with van der Waals surface area (Å²) >= 11 is 1.72. The molecule has 4 nitrogen and oxygen atoms in total. The molecule has 0 bridgehead atoms. The van der Waals surface area contributed by atoms with Crippen molar-refractivity contribution in [2.45, 2.75) is 11.8 Å². The molecule has 2 aromatic carbocycles. The SMILES string of the molecule is Cc1ccc(SCCNC(=O)C=Cc2nc3ccccc3o2)cc1. The minimum Gasteiger partial charge on any atom is -0.437 e. The first-order chi connectivity index (χ1) is 11.7. The zero-order valence-electron chi connectivity index (χ0n) is 13.4. The van der Waals surface area contributed by atoms with E-state index in [1.165, 1.54) is 16.5 Å². The van der Waals surface area contributed by atoms with Crippen molar-refractivity contribution in [1.82, 2.24) is 10.3 Å². The van der Waals surface area contributed by atoms with Gasteiger partial charge in [0.15, 0.2) is 5.58 Å². The van der Waals surface area contributed by atoms with Crippen molar-refractivity contribution in [1.29, 1.82) is 0 Å². The quantitative estimate of drug-likeness (QED) is 0.418. The van der Waals surface area contributed by atoms with Crippen LogP contribution in [-0.4, -0.2) is 23.2 Å². The number of benzene rings is 2. The van der Waals surface area contributed by atoms with Gasteiger partial charge < -0.3 is 9.73 Å². The van der Waals surface area contributed by atoms with Crippen molar-refractivity contribution in [3.05, 3.63) is 66.1 Å². The number of aromatic nitrogens is 1. The number of aryl methyl sites for hydroxylation is 1. The number of nitrogens with zero attached hydrogens (tertiary/aromatic N) is 1. The van der Waals surface area contributed by atoms with Crippen molar-refractivity contribution < 1.29 is 9.21 Å². The molecule has 1 aromatic heterocycles. The highest BCUT2D eigenvalue weighted by atomic mass is 32.2. The fourth-order valence-electron chi connectivity index (χ4n) is 2.14. The molecule has 1 amide bonds. The van der Waals surface area contributed by atoms with Gasteiger partial charge >= 0.3 is 0 Å². The third-order valence-corrected chi connectivity index (χ3v) is 4.39.